The fourth-order valence-corrected chi connectivity index (χ4v) is 4.18. The molecule has 22 heavy (non-hydrogen) atoms. The van der Waals surface area contributed by atoms with Gasteiger partial charge >= 0.3 is 76.4 Å². The van der Waals surface area contributed by atoms with Crippen LogP contribution in [0.15, 0.2) is 49.0 Å². The van der Waals surface area contributed by atoms with Gasteiger partial charge in [-0.25, -0.2) is 0 Å². The molecule has 0 fully saturated rings. The summed E-state index contributed by atoms with van der Waals surface area (Å²) in [4.78, 5) is 0. The van der Waals surface area contributed by atoms with Crippen LogP contribution in [0.2, 0.25) is 0 Å². The molecule has 0 radical (unpaired) electrons. The molecule has 0 spiro atoms. The largest absolute Gasteiger partial charge is 2.00 e. The molecule has 7 nitrogen and oxygen atoms in total. The Balaban J connectivity index is 0.000000402. The number of rotatable bonds is 3. The molecule has 0 amide bonds. The Morgan fingerprint density at radius 1 is 0.909 bits per heavy atom. The Morgan fingerprint density at radius 2 is 1.41 bits per heavy atom. The van der Waals surface area contributed by atoms with E-state index in [0.717, 1.165) is 0 Å². The van der Waals surface area contributed by atoms with Gasteiger partial charge in [0.1, 0.15) is 0 Å². The normalized spacial score (nSPS) is 11.0. The summed E-state index contributed by atoms with van der Waals surface area (Å²) in [5, 5.41) is 2.55. The molecule has 2 rings (SSSR count). The first-order chi connectivity index (χ1) is 9.62. The molecular weight excluding hydrogens is 438 g/mol. The predicted octanol–water partition coefficient (Wildman–Crippen LogP) is -0.581. The van der Waals surface area contributed by atoms with Crippen molar-refractivity contribution in [3.8, 4) is 0 Å². The number of benzene rings is 2. The molecule has 10 heteroatoms. The topological polar surface area (TPSA) is 124 Å². The molecule has 0 atom stereocenters. The zero-order valence-electron chi connectivity index (χ0n) is 11.2. The van der Waals surface area contributed by atoms with Gasteiger partial charge in [-0.2, -0.15) is 0 Å². The van der Waals surface area contributed by atoms with E-state index in [0.29, 0.717) is 0 Å². The van der Waals surface area contributed by atoms with Crippen molar-refractivity contribution in [3.63, 3.8) is 0 Å². The first-order valence-corrected chi connectivity index (χ1v) is 10.9. The van der Waals surface area contributed by atoms with Crippen molar-refractivity contribution >= 4 is 66.6 Å². The van der Waals surface area contributed by atoms with Crippen molar-refractivity contribution in [2.45, 2.75) is 0 Å². The zero-order chi connectivity index (χ0) is 16.1. The minimum absolute atomic E-state index is 0. The molecule has 0 aliphatic rings. The summed E-state index contributed by atoms with van der Waals surface area (Å²) in [5.41, 5.74) is 1.20. The summed E-state index contributed by atoms with van der Waals surface area (Å²) in [6.45, 7) is 3.78. The fourth-order valence-electron chi connectivity index (χ4n) is 1.53. The second kappa shape index (κ2) is 8.83. The van der Waals surface area contributed by atoms with Gasteiger partial charge in [0.05, 0.1) is 0 Å². The molecule has 0 N–H and O–H groups in total. The molecule has 0 saturated heterocycles. The van der Waals surface area contributed by atoms with E-state index in [4.69, 9.17) is 0 Å². The van der Waals surface area contributed by atoms with Crippen LogP contribution in [0.3, 0.4) is 0 Å². The summed E-state index contributed by atoms with van der Waals surface area (Å²) in [7, 11) is 0. The minimum atomic E-state index is -6.07. The van der Waals surface area contributed by atoms with E-state index in [1.54, 1.807) is 0 Å². The zero-order valence-corrected chi connectivity index (χ0v) is 16.0. The molecule has 2 aromatic rings. The van der Waals surface area contributed by atoms with Crippen molar-refractivity contribution < 1.29 is 26.6 Å². The third-order valence-electron chi connectivity index (χ3n) is 2.21. The van der Waals surface area contributed by atoms with Gasteiger partial charge in [0.15, 0.2) is 0 Å². The van der Waals surface area contributed by atoms with Gasteiger partial charge in [-0.3, -0.25) is 0 Å². The second-order valence-corrected chi connectivity index (χ2v) is 8.85. The van der Waals surface area contributed by atoms with Crippen LogP contribution < -0.4 is 8.38 Å². The Labute approximate surface area is 147 Å². The Hall–Kier alpha value is -0.675. The maximum absolute atomic E-state index is 9.38. The van der Waals surface area contributed by atoms with Crippen LogP contribution in [0.1, 0.15) is 5.56 Å². The quantitative estimate of drug-likeness (QED) is 0.576. The molecule has 0 heterocycles. The van der Waals surface area contributed by atoms with Crippen LogP contribution in [0.5, 0.6) is 0 Å². The first-order valence-electron chi connectivity index (χ1n) is 5.35. The van der Waals surface area contributed by atoms with Gasteiger partial charge in [-0.15, -0.1) is 0 Å². The van der Waals surface area contributed by atoms with Crippen LogP contribution >= 0.6 is 0 Å². The monoisotopic (exact) mass is 450 g/mol. The first kappa shape index (κ1) is 21.3. The SMILES string of the molecule is C=Cc1cccc2ccccc12.O=[Se](=O)([O-])O[Se](=O)(=O)[O-].[Mg+2]. The summed E-state index contributed by atoms with van der Waals surface area (Å²) in [5.74, 6) is 0. The number of hydrogen-bond acceptors (Lipinski definition) is 7. The standard InChI is InChI=1S/C12H10.Mg.H2O7Se2/c1-2-10-7-5-8-11-6-3-4-9-12(10)11;;1-8(2,3)7-9(4,5)6/h2-9H,1H2;;(H,1,2,3)(H,4,5,6)/q;+2;/p-2. The third-order valence-corrected chi connectivity index (χ3v) is 6.54. The molecule has 0 bridgehead atoms. The number of fused-ring (bicyclic) bond motifs is 1. The average molecular weight is 448 g/mol. The minimum Gasteiger partial charge on any atom is 2.00 e. The third kappa shape index (κ3) is 8.09. The maximum Gasteiger partial charge on any atom is 2.00 e. The predicted molar refractivity (Wildman–Crippen MR) is 75.1 cm³/mol. The smallest absolute Gasteiger partial charge is 2.00 e. The van der Waals surface area contributed by atoms with Gasteiger partial charge in [-0.1, -0.05) is 55.1 Å². The van der Waals surface area contributed by atoms with E-state index in [2.05, 4.69) is 51.9 Å². The molecule has 0 saturated carbocycles. The number of hydrogen-bond donors (Lipinski definition) is 0. The van der Waals surface area contributed by atoms with Crippen LogP contribution in [-0.4, -0.2) is 49.8 Å². The van der Waals surface area contributed by atoms with Gasteiger partial charge in [0.2, 0.25) is 0 Å². The Morgan fingerprint density at radius 3 is 1.86 bits per heavy atom. The molecule has 114 valence electrons. The van der Waals surface area contributed by atoms with Crippen LogP contribution in [0, 0.1) is 0 Å². The second-order valence-electron chi connectivity index (χ2n) is 3.66. The van der Waals surface area contributed by atoms with E-state index in [9.17, 15) is 23.7 Å². The molecule has 0 aliphatic carbocycles. The Bertz CT molecular complexity index is 809. The van der Waals surface area contributed by atoms with Crippen molar-refractivity contribution in [2.75, 3.05) is 0 Å². The Kier molecular flexibility index (Phi) is 8.56. The summed E-state index contributed by atoms with van der Waals surface area (Å²) in [6, 6.07) is 14.6. The van der Waals surface area contributed by atoms with Crippen LogP contribution in [0.25, 0.3) is 16.8 Å². The van der Waals surface area contributed by atoms with Gasteiger partial charge in [-0.05, 0) is 16.3 Å². The van der Waals surface area contributed by atoms with Gasteiger partial charge in [0.25, 0.3) is 0 Å². The summed E-state index contributed by atoms with van der Waals surface area (Å²) < 4.78 is 58.9. The van der Waals surface area contributed by atoms with Gasteiger partial charge < -0.3 is 0 Å². The van der Waals surface area contributed by atoms with E-state index < -0.39 is 26.7 Å². The van der Waals surface area contributed by atoms with Crippen LogP contribution in [-0.2, 0) is 18.2 Å². The molecule has 0 aliphatic heterocycles. The van der Waals surface area contributed by atoms with Crippen LogP contribution in [0.4, 0.5) is 0 Å². The molecule has 2 aromatic carbocycles. The van der Waals surface area contributed by atoms with E-state index in [1.807, 2.05) is 6.08 Å². The average Bonchev–Trinajstić information content (AvgIpc) is 2.34. The molecule has 0 aromatic heterocycles. The summed E-state index contributed by atoms with van der Waals surface area (Å²) >= 11 is -12.1. The summed E-state index contributed by atoms with van der Waals surface area (Å²) in [6.07, 6.45) is 1.89. The van der Waals surface area contributed by atoms with E-state index >= 15 is 0 Å². The maximum atomic E-state index is 9.38. The molecular formula is C12H10MgO7Se2. The molecule has 0 unspecified atom stereocenters. The van der Waals surface area contributed by atoms with Gasteiger partial charge in [0, 0.05) is 0 Å². The van der Waals surface area contributed by atoms with Crippen molar-refractivity contribution in [1.82, 2.24) is 0 Å². The van der Waals surface area contributed by atoms with E-state index in [1.165, 1.54) is 16.3 Å². The fraction of sp³-hybridized carbons (Fsp3) is 0. The van der Waals surface area contributed by atoms with Crippen molar-refractivity contribution in [2.24, 2.45) is 0 Å². The van der Waals surface area contributed by atoms with Crippen molar-refractivity contribution in [3.05, 3.63) is 54.6 Å². The van der Waals surface area contributed by atoms with E-state index in [-0.39, 0.29) is 23.1 Å². The van der Waals surface area contributed by atoms with Crippen molar-refractivity contribution in [1.29, 1.82) is 0 Å².